The predicted molar refractivity (Wildman–Crippen MR) is 78.0 cm³/mol. The molecule has 0 aliphatic heterocycles. The van der Waals surface area contributed by atoms with Gasteiger partial charge in [0.25, 0.3) is 0 Å². The maximum absolute atomic E-state index is 11.8. The van der Waals surface area contributed by atoms with Gasteiger partial charge < -0.3 is 10.1 Å². The van der Waals surface area contributed by atoms with E-state index in [-0.39, 0.29) is 11.9 Å². The van der Waals surface area contributed by atoms with Gasteiger partial charge in [-0.1, -0.05) is 37.3 Å². The average Bonchev–Trinajstić information content (AvgIpc) is 2.44. The number of rotatable bonds is 9. The van der Waals surface area contributed by atoms with Crippen LogP contribution >= 0.6 is 0 Å². The van der Waals surface area contributed by atoms with Gasteiger partial charge >= 0.3 is 5.97 Å². The van der Waals surface area contributed by atoms with Crippen molar-refractivity contribution in [2.75, 3.05) is 19.7 Å². The maximum atomic E-state index is 11.8. The molecule has 0 aliphatic rings. The first-order chi connectivity index (χ1) is 9.27. The smallest absolute Gasteiger partial charge is 0.310 e. The van der Waals surface area contributed by atoms with Crippen LogP contribution in [-0.4, -0.2) is 25.7 Å². The number of aryl methyl sites for hydroxylation is 1. The summed E-state index contributed by atoms with van der Waals surface area (Å²) in [6, 6.07) is 10.4. The fourth-order valence-electron chi connectivity index (χ4n) is 2.08. The van der Waals surface area contributed by atoms with Gasteiger partial charge in [-0.25, -0.2) is 0 Å². The summed E-state index contributed by atoms with van der Waals surface area (Å²) in [5.41, 5.74) is 1.33. The number of ether oxygens (including phenoxy) is 1. The molecule has 0 bridgehead atoms. The molecule has 1 unspecified atom stereocenters. The van der Waals surface area contributed by atoms with Crippen LogP contribution in [0, 0.1) is 5.92 Å². The van der Waals surface area contributed by atoms with Crippen molar-refractivity contribution in [1.29, 1.82) is 0 Å². The molecule has 0 spiro atoms. The molecule has 0 radical (unpaired) electrons. The fourth-order valence-corrected chi connectivity index (χ4v) is 2.08. The minimum absolute atomic E-state index is 0.0244. The molecular weight excluding hydrogens is 238 g/mol. The Morgan fingerprint density at radius 1 is 1.26 bits per heavy atom. The summed E-state index contributed by atoms with van der Waals surface area (Å²) in [5.74, 6) is -0.0971. The highest BCUT2D eigenvalue weighted by molar-refractivity contribution is 5.72. The van der Waals surface area contributed by atoms with Gasteiger partial charge in [-0.05, 0) is 38.3 Å². The number of carbonyl (C=O) groups is 1. The van der Waals surface area contributed by atoms with E-state index in [4.69, 9.17) is 4.74 Å². The highest BCUT2D eigenvalue weighted by Crippen LogP contribution is 2.12. The van der Waals surface area contributed by atoms with Gasteiger partial charge in [-0.2, -0.15) is 0 Å². The summed E-state index contributed by atoms with van der Waals surface area (Å²) in [6.07, 6.45) is 2.91. The van der Waals surface area contributed by atoms with E-state index in [1.54, 1.807) is 0 Å². The van der Waals surface area contributed by atoms with Crippen molar-refractivity contribution in [2.45, 2.75) is 33.1 Å². The molecule has 19 heavy (non-hydrogen) atoms. The van der Waals surface area contributed by atoms with Gasteiger partial charge in [0.05, 0.1) is 12.5 Å². The van der Waals surface area contributed by atoms with Crippen LogP contribution in [0.4, 0.5) is 0 Å². The molecule has 0 heterocycles. The molecule has 1 N–H and O–H groups in total. The van der Waals surface area contributed by atoms with Crippen molar-refractivity contribution < 1.29 is 9.53 Å². The summed E-state index contributed by atoms with van der Waals surface area (Å²) in [5, 5.41) is 3.24. The Balaban J connectivity index is 2.37. The first-order valence-corrected chi connectivity index (χ1v) is 7.19. The quantitative estimate of drug-likeness (QED) is 0.696. The van der Waals surface area contributed by atoms with Crippen LogP contribution in [0.15, 0.2) is 30.3 Å². The SMILES string of the molecule is CCNCC(CCCc1ccccc1)C(=O)OCC. The van der Waals surface area contributed by atoms with Gasteiger partial charge in [0.1, 0.15) is 0 Å². The standard InChI is InChI=1S/C16H25NO2/c1-3-17-13-15(16(18)19-4-2)12-8-11-14-9-6-5-7-10-14/h5-7,9-10,15,17H,3-4,8,11-13H2,1-2H3. The minimum Gasteiger partial charge on any atom is -0.466 e. The summed E-state index contributed by atoms with van der Waals surface area (Å²) in [6.45, 7) is 5.96. The van der Waals surface area contributed by atoms with Crippen molar-refractivity contribution >= 4 is 5.97 Å². The summed E-state index contributed by atoms with van der Waals surface area (Å²) >= 11 is 0. The van der Waals surface area contributed by atoms with Gasteiger partial charge in [0, 0.05) is 6.54 Å². The minimum atomic E-state index is -0.0727. The maximum Gasteiger partial charge on any atom is 0.310 e. The molecular formula is C16H25NO2. The van der Waals surface area contributed by atoms with Crippen molar-refractivity contribution in [3.05, 3.63) is 35.9 Å². The van der Waals surface area contributed by atoms with Gasteiger partial charge in [0.15, 0.2) is 0 Å². The molecule has 0 amide bonds. The Bertz CT molecular complexity index is 351. The number of carbonyl (C=O) groups excluding carboxylic acids is 1. The second kappa shape index (κ2) is 9.56. The Morgan fingerprint density at radius 2 is 2.00 bits per heavy atom. The lowest BCUT2D eigenvalue weighted by Gasteiger charge is -2.15. The molecule has 0 aliphatic carbocycles. The van der Waals surface area contributed by atoms with Crippen molar-refractivity contribution in [3.63, 3.8) is 0 Å². The number of nitrogens with one attached hydrogen (secondary N) is 1. The zero-order valence-corrected chi connectivity index (χ0v) is 12.0. The number of hydrogen-bond donors (Lipinski definition) is 1. The Kier molecular flexibility index (Phi) is 7.91. The molecule has 3 heteroatoms. The van der Waals surface area contributed by atoms with E-state index in [2.05, 4.69) is 29.6 Å². The van der Waals surface area contributed by atoms with Crippen LogP contribution in [0.25, 0.3) is 0 Å². The molecule has 3 nitrogen and oxygen atoms in total. The van der Waals surface area contributed by atoms with E-state index in [9.17, 15) is 4.79 Å². The van der Waals surface area contributed by atoms with Crippen LogP contribution in [0.1, 0.15) is 32.3 Å². The van der Waals surface area contributed by atoms with Crippen molar-refractivity contribution in [3.8, 4) is 0 Å². The third-order valence-corrected chi connectivity index (χ3v) is 3.12. The van der Waals surface area contributed by atoms with Crippen LogP contribution in [0.2, 0.25) is 0 Å². The van der Waals surface area contributed by atoms with E-state index < -0.39 is 0 Å². The van der Waals surface area contributed by atoms with Crippen molar-refractivity contribution in [2.24, 2.45) is 5.92 Å². The predicted octanol–water partition coefficient (Wildman–Crippen LogP) is 2.80. The van der Waals surface area contributed by atoms with Gasteiger partial charge in [-0.15, -0.1) is 0 Å². The van der Waals surface area contributed by atoms with Crippen LogP contribution < -0.4 is 5.32 Å². The summed E-state index contributed by atoms with van der Waals surface area (Å²) in [4.78, 5) is 11.8. The molecule has 1 atom stereocenters. The molecule has 1 aromatic rings. The van der Waals surface area contributed by atoms with E-state index in [1.165, 1.54) is 5.56 Å². The van der Waals surface area contributed by atoms with E-state index in [0.717, 1.165) is 25.8 Å². The Morgan fingerprint density at radius 3 is 2.63 bits per heavy atom. The lowest BCUT2D eigenvalue weighted by Crippen LogP contribution is -2.30. The van der Waals surface area contributed by atoms with Crippen LogP contribution in [-0.2, 0) is 16.0 Å². The molecule has 1 rings (SSSR count). The molecule has 1 aromatic carbocycles. The van der Waals surface area contributed by atoms with Gasteiger partial charge in [0.2, 0.25) is 0 Å². The van der Waals surface area contributed by atoms with Crippen LogP contribution in [0.5, 0.6) is 0 Å². The fraction of sp³-hybridized carbons (Fsp3) is 0.562. The molecule has 0 saturated heterocycles. The van der Waals surface area contributed by atoms with E-state index in [1.807, 2.05) is 19.9 Å². The third kappa shape index (κ3) is 6.39. The second-order valence-electron chi connectivity index (χ2n) is 4.63. The summed E-state index contributed by atoms with van der Waals surface area (Å²) in [7, 11) is 0. The second-order valence-corrected chi connectivity index (χ2v) is 4.63. The number of esters is 1. The van der Waals surface area contributed by atoms with E-state index >= 15 is 0 Å². The van der Waals surface area contributed by atoms with E-state index in [0.29, 0.717) is 13.2 Å². The number of benzene rings is 1. The molecule has 0 aromatic heterocycles. The average molecular weight is 263 g/mol. The molecule has 106 valence electrons. The van der Waals surface area contributed by atoms with Crippen LogP contribution in [0.3, 0.4) is 0 Å². The monoisotopic (exact) mass is 263 g/mol. The third-order valence-electron chi connectivity index (χ3n) is 3.12. The molecule has 0 fully saturated rings. The largest absolute Gasteiger partial charge is 0.466 e. The first-order valence-electron chi connectivity index (χ1n) is 7.19. The zero-order chi connectivity index (χ0) is 13.9. The number of hydrogen-bond acceptors (Lipinski definition) is 3. The first kappa shape index (κ1) is 15.7. The summed E-state index contributed by atoms with van der Waals surface area (Å²) < 4.78 is 5.12. The zero-order valence-electron chi connectivity index (χ0n) is 12.0. The molecule has 0 saturated carbocycles. The lowest BCUT2D eigenvalue weighted by atomic mass is 9.99. The highest BCUT2D eigenvalue weighted by Gasteiger charge is 2.18. The highest BCUT2D eigenvalue weighted by atomic mass is 16.5. The normalized spacial score (nSPS) is 12.1. The Hall–Kier alpha value is -1.35. The Labute approximate surface area is 116 Å². The van der Waals surface area contributed by atoms with Crippen molar-refractivity contribution in [1.82, 2.24) is 5.32 Å². The van der Waals surface area contributed by atoms with Gasteiger partial charge in [-0.3, -0.25) is 4.79 Å². The topological polar surface area (TPSA) is 38.3 Å². The lowest BCUT2D eigenvalue weighted by molar-refractivity contribution is -0.148.